The Morgan fingerprint density at radius 2 is 2.21 bits per heavy atom. The minimum atomic E-state index is -0.860. The van der Waals surface area contributed by atoms with Crippen LogP contribution in [0.3, 0.4) is 0 Å². The number of halogens is 1. The fourth-order valence-electron chi connectivity index (χ4n) is 2.50. The third kappa shape index (κ3) is 4.78. The SMILES string of the molecule is CN(C)CCSc1cccc(NC(=O)c2c(O)nc[nH]c2=O)c1-c1cn(F)nn1. The van der Waals surface area contributed by atoms with Gasteiger partial charge in [0.15, 0.2) is 5.56 Å². The van der Waals surface area contributed by atoms with Crippen molar-refractivity contribution in [1.29, 1.82) is 0 Å². The molecule has 12 heteroatoms. The zero-order chi connectivity index (χ0) is 21.0. The van der Waals surface area contributed by atoms with E-state index >= 15 is 0 Å². The Hall–Kier alpha value is -3.25. The molecule has 0 fully saturated rings. The van der Waals surface area contributed by atoms with Crippen LogP contribution >= 0.6 is 11.8 Å². The summed E-state index contributed by atoms with van der Waals surface area (Å²) in [6.07, 6.45) is 2.07. The molecule has 2 heterocycles. The summed E-state index contributed by atoms with van der Waals surface area (Å²) in [5.41, 5.74) is -0.373. The number of rotatable bonds is 7. The molecule has 0 spiro atoms. The van der Waals surface area contributed by atoms with Crippen LogP contribution in [0.5, 0.6) is 5.88 Å². The highest BCUT2D eigenvalue weighted by Gasteiger charge is 2.21. The van der Waals surface area contributed by atoms with Gasteiger partial charge in [0.2, 0.25) is 5.88 Å². The molecule has 3 N–H and O–H groups in total. The van der Waals surface area contributed by atoms with Crippen molar-refractivity contribution < 1.29 is 14.4 Å². The van der Waals surface area contributed by atoms with Crippen molar-refractivity contribution in [1.82, 2.24) is 30.1 Å². The predicted molar refractivity (Wildman–Crippen MR) is 106 cm³/mol. The number of benzene rings is 1. The molecule has 0 atom stereocenters. The maximum Gasteiger partial charge on any atom is 0.267 e. The van der Waals surface area contributed by atoms with E-state index in [9.17, 15) is 19.2 Å². The number of anilines is 1. The molecule has 10 nitrogen and oxygen atoms in total. The third-order valence-corrected chi connectivity index (χ3v) is 4.89. The van der Waals surface area contributed by atoms with Crippen molar-refractivity contribution in [2.75, 3.05) is 31.7 Å². The molecule has 3 aromatic rings. The number of carbonyl (C=O) groups is 1. The Bertz CT molecular complexity index is 1080. The number of carbonyl (C=O) groups excluding carboxylic acids is 1. The van der Waals surface area contributed by atoms with Crippen molar-refractivity contribution in [3.8, 4) is 17.1 Å². The fraction of sp³-hybridized carbons (Fsp3) is 0.235. The fourth-order valence-corrected chi connectivity index (χ4v) is 3.71. The number of amides is 1. The molecule has 2 aromatic heterocycles. The van der Waals surface area contributed by atoms with Gasteiger partial charge in [-0.25, -0.2) is 4.98 Å². The molecule has 152 valence electrons. The van der Waals surface area contributed by atoms with E-state index in [4.69, 9.17) is 0 Å². The van der Waals surface area contributed by atoms with Crippen LogP contribution in [0.15, 0.2) is 40.4 Å². The van der Waals surface area contributed by atoms with Crippen LogP contribution in [0, 0.1) is 0 Å². The number of aromatic nitrogens is 5. The summed E-state index contributed by atoms with van der Waals surface area (Å²) in [4.78, 5) is 33.1. The van der Waals surface area contributed by atoms with E-state index in [1.54, 1.807) is 12.1 Å². The van der Waals surface area contributed by atoms with E-state index in [1.807, 2.05) is 25.1 Å². The first-order valence-electron chi connectivity index (χ1n) is 8.44. The molecule has 0 saturated carbocycles. The molecular formula is C17H18FN7O3S. The van der Waals surface area contributed by atoms with Crippen LogP contribution in [-0.4, -0.2) is 67.5 Å². The largest absolute Gasteiger partial charge is 0.493 e. The Morgan fingerprint density at radius 3 is 2.86 bits per heavy atom. The number of nitrogens with one attached hydrogen (secondary N) is 2. The lowest BCUT2D eigenvalue weighted by Gasteiger charge is -2.15. The Labute approximate surface area is 168 Å². The van der Waals surface area contributed by atoms with Crippen molar-refractivity contribution in [3.63, 3.8) is 0 Å². The quantitative estimate of drug-likeness (QED) is 0.490. The molecule has 1 aromatic carbocycles. The van der Waals surface area contributed by atoms with Crippen molar-refractivity contribution in [3.05, 3.63) is 46.6 Å². The second kappa shape index (κ2) is 8.84. The number of hydrogen-bond acceptors (Lipinski definition) is 8. The summed E-state index contributed by atoms with van der Waals surface area (Å²) >= 11 is 1.50. The summed E-state index contributed by atoms with van der Waals surface area (Å²) in [5, 5.41) is 19.5. The highest BCUT2D eigenvalue weighted by Crippen LogP contribution is 2.36. The van der Waals surface area contributed by atoms with Crippen molar-refractivity contribution >= 4 is 23.4 Å². The van der Waals surface area contributed by atoms with Gasteiger partial charge in [-0.05, 0) is 31.4 Å². The summed E-state index contributed by atoms with van der Waals surface area (Å²) in [7, 11) is 3.90. The lowest BCUT2D eigenvalue weighted by Crippen LogP contribution is -2.24. The van der Waals surface area contributed by atoms with Gasteiger partial charge < -0.3 is 20.3 Å². The van der Waals surface area contributed by atoms with Crippen LogP contribution in [0.4, 0.5) is 10.2 Å². The highest BCUT2D eigenvalue weighted by atomic mass is 32.2. The molecule has 0 saturated heterocycles. The number of H-pyrrole nitrogens is 1. The third-order valence-electron chi connectivity index (χ3n) is 3.85. The summed E-state index contributed by atoms with van der Waals surface area (Å²) in [5.74, 6) is -0.815. The molecule has 1 amide bonds. The molecular weight excluding hydrogens is 401 g/mol. The Kier molecular flexibility index (Phi) is 6.24. The molecule has 0 aliphatic rings. The van der Waals surface area contributed by atoms with Crippen LogP contribution in [-0.2, 0) is 0 Å². The van der Waals surface area contributed by atoms with E-state index in [0.29, 0.717) is 5.56 Å². The second-order valence-electron chi connectivity index (χ2n) is 6.21. The first-order chi connectivity index (χ1) is 13.9. The molecule has 0 radical (unpaired) electrons. The minimum Gasteiger partial charge on any atom is -0.493 e. The number of aromatic amines is 1. The molecule has 0 unspecified atom stereocenters. The van der Waals surface area contributed by atoms with Crippen LogP contribution in [0.2, 0.25) is 0 Å². The van der Waals surface area contributed by atoms with E-state index in [2.05, 4.69) is 25.6 Å². The van der Waals surface area contributed by atoms with Gasteiger partial charge in [0.1, 0.15) is 5.69 Å². The van der Waals surface area contributed by atoms with E-state index < -0.39 is 22.9 Å². The highest BCUT2D eigenvalue weighted by molar-refractivity contribution is 7.99. The smallest absolute Gasteiger partial charge is 0.267 e. The first kappa shape index (κ1) is 20.5. The van der Waals surface area contributed by atoms with Gasteiger partial charge >= 0.3 is 0 Å². The summed E-state index contributed by atoms with van der Waals surface area (Å²) in [6, 6.07) is 5.11. The van der Waals surface area contributed by atoms with Gasteiger partial charge in [0.05, 0.1) is 18.2 Å². The minimum absolute atomic E-state index is 0.0693. The summed E-state index contributed by atoms with van der Waals surface area (Å²) in [6.45, 7) is 0.801. The molecule has 0 aliphatic carbocycles. The average Bonchev–Trinajstić information content (AvgIpc) is 3.07. The van der Waals surface area contributed by atoms with E-state index in [0.717, 1.165) is 29.7 Å². The van der Waals surface area contributed by atoms with Crippen molar-refractivity contribution in [2.45, 2.75) is 4.90 Å². The zero-order valence-electron chi connectivity index (χ0n) is 15.6. The maximum atomic E-state index is 13.4. The van der Waals surface area contributed by atoms with E-state index in [-0.39, 0.29) is 16.3 Å². The zero-order valence-corrected chi connectivity index (χ0v) is 16.4. The van der Waals surface area contributed by atoms with Gasteiger partial charge in [-0.1, -0.05) is 15.5 Å². The molecule has 3 rings (SSSR count). The van der Waals surface area contributed by atoms with Crippen molar-refractivity contribution in [2.24, 2.45) is 0 Å². The lowest BCUT2D eigenvalue weighted by molar-refractivity contribution is 0.102. The molecule has 0 bridgehead atoms. The van der Waals surface area contributed by atoms with Gasteiger partial charge in [0, 0.05) is 22.8 Å². The number of hydrogen-bond donors (Lipinski definition) is 3. The van der Waals surface area contributed by atoms with E-state index in [1.165, 1.54) is 11.8 Å². The van der Waals surface area contributed by atoms with Crippen LogP contribution < -0.4 is 10.9 Å². The first-order valence-corrected chi connectivity index (χ1v) is 9.42. The van der Waals surface area contributed by atoms with Crippen LogP contribution in [0.1, 0.15) is 10.4 Å². The standard InChI is InChI=1S/C17H18FN7O3S/c1-24(2)6-7-29-12-5-3-4-10(13(12)11-8-25(18)23-22-11)21-17(28)14-15(26)19-9-20-16(14)27/h3-5,8-9H,6-7H2,1-2H3,(H,21,28)(H2,19,20,26,27). The predicted octanol–water partition coefficient (Wildman–Crippen LogP) is 1.37. The van der Waals surface area contributed by atoms with Gasteiger partial charge in [-0.2, -0.15) is 0 Å². The van der Waals surface area contributed by atoms with Crippen LogP contribution in [0.25, 0.3) is 11.3 Å². The monoisotopic (exact) mass is 419 g/mol. The van der Waals surface area contributed by atoms with Gasteiger partial charge in [0.25, 0.3) is 11.5 Å². The van der Waals surface area contributed by atoms with Gasteiger partial charge in [-0.15, -0.1) is 16.9 Å². The lowest BCUT2D eigenvalue weighted by atomic mass is 10.1. The normalized spacial score (nSPS) is 11.0. The second-order valence-corrected chi connectivity index (χ2v) is 7.34. The number of aromatic hydroxyl groups is 1. The molecule has 29 heavy (non-hydrogen) atoms. The molecule has 0 aliphatic heterocycles. The number of nitrogens with zero attached hydrogens (tertiary/aromatic N) is 5. The topological polar surface area (TPSA) is 129 Å². The Balaban J connectivity index is 1.99. The summed E-state index contributed by atoms with van der Waals surface area (Å²) < 4.78 is 13.4. The number of thioether (sulfide) groups is 1. The maximum absolute atomic E-state index is 13.4. The Morgan fingerprint density at radius 1 is 1.41 bits per heavy atom. The van der Waals surface area contributed by atoms with Gasteiger partial charge in [-0.3, -0.25) is 9.59 Å². The average molecular weight is 419 g/mol.